The topological polar surface area (TPSA) is 93.6 Å². The second-order valence-electron chi connectivity index (χ2n) is 10.3. The standard InChI is InChI=1S/C27H30ClN5O3/c1-26(2)24(27(3,4)25(26)36-20-12-13-22(29-5)21(28)15-20)30-23(35)17-8-10-19(11-9-17)33-16-18(31-32-33)7-6-14-34/h8-13,15-16,24-25,34H,6-7,14H2,1-4H3,(H,30,35). The molecular weight excluding hydrogens is 478 g/mol. The molecule has 0 spiro atoms. The van der Waals surface area contributed by atoms with Crippen molar-refractivity contribution in [3.8, 4) is 11.4 Å². The summed E-state index contributed by atoms with van der Waals surface area (Å²) in [6.45, 7) is 15.6. The van der Waals surface area contributed by atoms with E-state index in [2.05, 4.69) is 48.2 Å². The number of carbonyl (C=O) groups is 1. The molecule has 1 amide bonds. The molecule has 0 bridgehead atoms. The van der Waals surface area contributed by atoms with E-state index in [-0.39, 0.29) is 35.5 Å². The molecular formula is C27H30ClN5O3. The van der Waals surface area contributed by atoms with Crippen LogP contribution in [0.4, 0.5) is 5.69 Å². The van der Waals surface area contributed by atoms with E-state index in [1.807, 2.05) is 18.3 Å². The zero-order valence-electron chi connectivity index (χ0n) is 20.8. The highest BCUT2D eigenvalue weighted by Crippen LogP contribution is 2.55. The highest BCUT2D eigenvalue weighted by atomic mass is 35.5. The summed E-state index contributed by atoms with van der Waals surface area (Å²) in [6.07, 6.45) is 2.96. The largest absolute Gasteiger partial charge is 0.489 e. The Morgan fingerprint density at radius 3 is 2.50 bits per heavy atom. The molecule has 4 rings (SSSR count). The van der Waals surface area contributed by atoms with Gasteiger partial charge in [-0.2, -0.15) is 0 Å². The van der Waals surface area contributed by atoms with E-state index >= 15 is 0 Å². The van der Waals surface area contributed by atoms with Crippen molar-refractivity contribution in [2.45, 2.75) is 52.7 Å². The molecule has 188 valence electrons. The van der Waals surface area contributed by atoms with Gasteiger partial charge in [-0.15, -0.1) is 5.10 Å². The van der Waals surface area contributed by atoms with E-state index in [1.165, 1.54) is 0 Å². The van der Waals surface area contributed by atoms with Crippen LogP contribution in [0, 0.1) is 17.4 Å². The van der Waals surface area contributed by atoms with Gasteiger partial charge in [0.05, 0.1) is 29.2 Å². The van der Waals surface area contributed by atoms with E-state index in [1.54, 1.807) is 35.0 Å². The molecule has 0 radical (unpaired) electrons. The first-order valence-corrected chi connectivity index (χ1v) is 12.2. The lowest BCUT2D eigenvalue weighted by Gasteiger charge is -2.63. The fraction of sp³-hybridized carbons (Fsp3) is 0.407. The molecule has 1 fully saturated rings. The normalized spacial score (nSPS) is 19.7. The van der Waals surface area contributed by atoms with E-state index in [9.17, 15) is 4.79 Å². The first kappa shape index (κ1) is 25.7. The quantitative estimate of drug-likeness (QED) is 0.418. The summed E-state index contributed by atoms with van der Waals surface area (Å²) < 4.78 is 7.96. The molecule has 0 atom stereocenters. The highest BCUT2D eigenvalue weighted by molar-refractivity contribution is 6.33. The number of rotatable bonds is 8. The van der Waals surface area contributed by atoms with Crippen molar-refractivity contribution in [3.63, 3.8) is 0 Å². The van der Waals surface area contributed by atoms with Crippen LogP contribution in [-0.4, -0.2) is 44.8 Å². The van der Waals surface area contributed by atoms with Crippen molar-refractivity contribution in [1.82, 2.24) is 20.3 Å². The smallest absolute Gasteiger partial charge is 0.251 e. The van der Waals surface area contributed by atoms with Gasteiger partial charge in [0.2, 0.25) is 5.69 Å². The van der Waals surface area contributed by atoms with Crippen LogP contribution in [0.5, 0.6) is 5.75 Å². The van der Waals surface area contributed by atoms with Gasteiger partial charge in [-0.25, -0.2) is 9.53 Å². The minimum atomic E-state index is -0.338. The zero-order valence-corrected chi connectivity index (χ0v) is 21.6. The van der Waals surface area contributed by atoms with Crippen molar-refractivity contribution in [1.29, 1.82) is 0 Å². The summed E-state index contributed by atoms with van der Waals surface area (Å²) in [4.78, 5) is 16.5. The van der Waals surface area contributed by atoms with Crippen LogP contribution in [0.25, 0.3) is 10.5 Å². The van der Waals surface area contributed by atoms with Gasteiger partial charge in [-0.1, -0.05) is 50.6 Å². The van der Waals surface area contributed by atoms with Gasteiger partial charge < -0.3 is 15.2 Å². The zero-order chi connectivity index (χ0) is 26.1. The molecule has 2 aromatic carbocycles. The number of halogens is 1. The maximum Gasteiger partial charge on any atom is 0.251 e. The molecule has 1 heterocycles. The van der Waals surface area contributed by atoms with E-state index < -0.39 is 0 Å². The number of amides is 1. The van der Waals surface area contributed by atoms with Crippen molar-refractivity contribution < 1.29 is 14.6 Å². The second kappa shape index (κ2) is 9.92. The van der Waals surface area contributed by atoms with Crippen LogP contribution >= 0.6 is 11.6 Å². The van der Waals surface area contributed by atoms with Crippen LogP contribution in [0.1, 0.15) is 50.2 Å². The number of hydrogen-bond donors (Lipinski definition) is 2. The Kier molecular flexibility index (Phi) is 7.07. The lowest BCUT2D eigenvalue weighted by Crippen LogP contribution is -2.74. The highest BCUT2D eigenvalue weighted by Gasteiger charge is 2.64. The number of nitrogens with zero attached hydrogens (tertiary/aromatic N) is 4. The predicted octanol–water partition coefficient (Wildman–Crippen LogP) is 5.01. The minimum absolute atomic E-state index is 0.114. The number of carbonyl (C=O) groups excluding carboxylic acids is 1. The summed E-state index contributed by atoms with van der Waals surface area (Å²) in [6, 6.07) is 12.2. The van der Waals surface area contributed by atoms with Gasteiger partial charge in [-0.05, 0) is 49.2 Å². The van der Waals surface area contributed by atoms with Crippen LogP contribution in [0.15, 0.2) is 48.7 Å². The number of benzene rings is 2. The summed E-state index contributed by atoms with van der Waals surface area (Å²) in [5.74, 6) is 0.448. The van der Waals surface area contributed by atoms with Gasteiger partial charge in [-0.3, -0.25) is 4.79 Å². The molecule has 1 aromatic heterocycles. The van der Waals surface area contributed by atoms with Crippen molar-refractivity contribution in [2.24, 2.45) is 10.8 Å². The van der Waals surface area contributed by atoms with Gasteiger partial charge in [0, 0.05) is 29.0 Å². The van der Waals surface area contributed by atoms with Crippen LogP contribution in [0.2, 0.25) is 5.02 Å². The molecule has 0 aliphatic heterocycles. The summed E-state index contributed by atoms with van der Waals surface area (Å²) in [7, 11) is 0. The minimum Gasteiger partial charge on any atom is -0.489 e. The number of aliphatic hydroxyl groups excluding tert-OH is 1. The Morgan fingerprint density at radius 1 is 1.19 bits per heavy atom. The first-order chi connectivity index (χ1) is 17.1. The van der Waals surface area contributed by atoms with E-state index in [0.29, 0.717) is 34.9 Å². The molecule has 8 nitrogen and oxygen atoms in total. The second-order valence-corrected chi connectivity index (χ2v) is 10.7. The number of nitrogens with one attached hydrogen (secondary N) is 1. The van der Waals surface area contributed by atoms with Gasteiger partial charge in [0.15, 0.2) is 0 Å². The Morgan fingerprint density at radius 2 is 1.89 bits per heavy atom. The monoisotopic (exact) mass is 507 g/mol. The fourth-order valence-electron chi connectivity index (χ4n) is 5.37. The third-order valence-electron chi connectivity index (χ3n) is 6.93. The molecule has 9 heteroatoms. The average molecular weight is 508 g/mol. The predicted molar refractivity (Wildman–Crippen MR) is 138 cm³/mol. The number of hydrogen-bond acceptors (Lipinski definition) is 5. The van der Waals surface area contributed by atoms with Crippen molar-refractivity contribution >= 4 is 23.2 Å². The van der Waals surface area contributed by atoms with Gasteiger partial charge >= 0.3 is 0 Å². The Bertz CT molecular complexity index is 1280. The molecule has 0 saturated heterocycles. The molecule has 2 N–H and O–H groups in total. The molecule has 1 saturated carbocycles. The Labute approximate surface area is 216 Å². The third kappa shape index (κ3) is 4.81. The third-order valence-corrected chi connectivity index (χ3v) is 7.24. The molecule has 1 aliphatic rings. The molecule has 3 aromatic rings. The van der Waals surface area contributed by atoms with Crippen LogP contribution in [0.3, 0.4) is 0 Å². The van der Waals surface area contributed by atoms with Crippen molar-refractivity contribution in [3.05, 3.63) is 76.4 Å². The van der Waals surface area contributed by atoms with Crippen LogP contribution < -0.4 is 10.1 Å². The lowest BCUT2D eigenvalue weighted by molar-refractivity contribution is -0.164. The first-order valence-electron chi connectivity index (χ1n) is 11.8. The number of ether oxygens (including phenoxy) is 1. The molecule has 36 heavy (non-hydrogen) atoms. The summed E-state index contributed by atoms with van der Waals surface area (Å²) >= 11 is 6.18. The Balaban J connectivity index is 1.43. The van der Waals surface area contributed by atoms with Crippen LogP contribution in [-0.2, 0) is 6.42 Å². The molecule has 1 aliphatic carbocycles. The average Bonchev–Trinajstić information content (AvgIpc) is 3.33. The lowest BCUT2D eigenvalue weighted by atomic mass is 9.49. The Hall–Kier alpha value is -3.41. The summed E-state index contributed by atoms with van der Waals surface area (Å²) in [5, 5.41) is 20.8. The van der Waals surface area contributed by atoms with Gasteiger partial charge in [0.1, 0.15) is 11.9 Å². The molecule has 0 unspecified atom stereocenters. The SMILES string of the molecule is [C-]#[N+]c1ccc(OC2C(C)(C)C(NC(=O)c3ccc(-n4cc(CCCO)nn4)cc3)C2(C)C)cc1Cl. The number of aryl methyl sites for hydroxylation is 1. The fourth-order valence-corrected chi connectivity index (χ4v) is 5.58. The number of aromatic nitrogens is 3. The van der Waals surface area contributed by atoms with E-state index in [4.69, 9.17) is 28.0 Å². The maximum absolute atomic E-state index is 13.1. The van der Waals surface area contributed by atoms with E-state index in [0.717, 1.165) is 11.4 Å². The maximum atomic E-state index is 13.1. The summed E-state index contributed by atoms with van der Waals surface area (Å²) in [5.41, 5.74) is 1.87. The van der Waals surface area contributed by atoms with Gasteiger partial charge in [0.25, 0.3) is 5.91 Å². The van der Waals surface area contributed by atoms with Crippen molar-refractivity contribution in [2.75, 3.05) is 6.61 Å². The number of aliphatic hydroxyl groups is 1.